The van der Waals surface area contributed by atoms with Gasteiger partial charge < -0.3 is 5.32 Å². The molecule has 1 unspecified atom stereocenters. The van der Waals surface area contributed by atoms with Gasteiger partial charge in [0.25, 0.3) is 0 Å². The van der Waals surface area contributed by atoms with E-state index in [0.717, 1.165) is 12.0 Å². The highest BCUT2D eigenvalue weighted by Gasteiger charge is 2.26. The van der Waals surface area contributed by atoms with Gasteiger partial charge in [-0.15, -0.1) is 0 Å². The van der Waals surface area contributed by atoms with Crippen molar-refractivity contribution in [2.75, 3.05) is 6.54 Å². The molecule has 0 radical (unpaired) electrons. The highest BCUT2D eigenvalue weighted by molar-refractivity contribution is 5.38. The molecule has 1 fully saturated rings. The van der Waals surface area contributed by atoms with Crippen molar-refractivity contribution in [1.29, 1.82) is 0 Å². The minimum absolute atomic E-state index is 0.778. The number of hydrogen-bond acceptors (Lipinski definition) is 1. The van der Waals surface area contributed by atoms with Crippen molar-refractivity contribution in [2.24, 2.45) is 0 Å². The zero-order chi connectivity index (χ0) is 10.3. The smallest absolute Gasteiger partial charge is 0.00684 e. The van der Waals surface area contributed by atoms with Crippen molar-refractivity contribution in [2.45, 2.75) is 44.6 Å². The van der Waals surface area contributed by atoms with Crippen LogP contribution in [-0.2, 0) is 6.42 Å². The Morgan fingerprint density at radius 3 is 2.93 bits per heavy atom. The second-order valence-corrected chi connectivity index (χ2v) is 5.12. The molecule has 80 valence electrons. The van der Waals surface area contributed by atoms with Gasteiger partial charge >= 0.3 is 0 Å². The first-order valence-corrected chi connectivity index (χ1v) is 6.16. The Bertz CT molecular complexity index is 366. The summed E-state index contributed by atoms with van der Waals surface area (Å²) in [5, 5.41) is 3.66. The Morgan fingerprint density at radius 1 is 1.27 bits per heavy atom. The lowest BCUT2D eigenvalue weighted by Gasteiger charge is -2.12. The fourth-order valence-electron chi connectivity index (χ4n) is 2.62. The molecule has 2 aliphatic carbocycles. The van der Waals surface area contributed by atoms with Gasteiger partial charge in [-0.05, 0) is 49.7 Å². The molecule has 1 saturated carbocycles. The molecule has 1 nitrogen and oxygen atoms in total. The Hall–Kier alpha value is -0.820. The maximum Gasteiger partial charge on any atom is 0.00684 e. The molecule has 15 heavy (non-hydrogen) atoms. The van der Waals surface area contributed by atoms with Crippen LogP contribution >= 0.6 is 0 Å². The third-order valence-corrected chi connectivity index (χ3v) is 3.73. The standard InChI is InChI=1S/C14H19N/c1-10-2-3-11-4-5-12(14(11)8-10)9-15-13-6-7-13/h2-3,8,12-13,15H,4-7,9H2,1H3. The molecule has 1 aromatic carbocycles. The van der Waals surface area contributed by atoms with E-state index < -0.39 is 0 Å². The lowest BCUT2D eigenvalue weighted by atomic mass is 9.99. The van der Waals surface area contributed by atoms with Crippen LogP contribution in [0, 0.1) is 6.92 Å². The van der Waals surface area contributed by atoms with E-state index in [9.17, 15) is 0 Å². The molecule has 1 aromatic rings. The quantitative estimate of drug-likeness (QED) is 0.793. The monoisotopic (exact) mass is 201 g/mol. The van der Waals surface area contributed by atoms with Crippen LogP contribution in [-0.4, -0.2) is 12.6 Å². The van der Waals surface area contributed by atoms with Gasteiger partial charge in [-0.2, -0.15) is 0 Å². The van der Waals surface area contributed by atoms with Gasteiger partial charge in [-0.1, -0.05) is 23.8 Å². The summed E-state index contributed by atoms with van der Waals surface area (Å²) in [6.07, 6.45) is 5.42. The molecular formula is C14H19N. The normalized spacial score (nSPS) is 24.2. The predicted octanol–water partition coefficient (Wildman–Crippen LogP) is 2.78. The maximum atomic E-state index is 3.66. The van der Waals surface area contributed by atoms with Crippen LogP contribution < -0.4 is 5.32 Å². The molecule has 1 atom stereocenters. The molecule has 2 aliphatic rings. The number of nitrogens with one attached hydrogen (secondary N) is 1. The van der Waals surface area contributed by atoms with Crippen molar-refractivity contribution >= 4 is 0 Å². The zero-order valence-electron chi connectivity index (χ0n) is 9.42. The summed E-state index contributed by atoms with van der Waals surface area (Å²) in [7, 11) is 0. The third kappa shape index (κ3) is 1.93. The van der Waals surface area contributed by atoms with Crippen LogP contribution in [0.25, 0.3) is 0 Å². The Kier molecular flexibility index (Phi) is 2.28. The fourth-order valence-corrected chi connectivity index (χ4v) is 2.62. The van der Waals surface area contributed by atoms with Crippen LogP contribution in [0.4, 0.5) is 0 Å². The van der Waals surface area contributed by atoms with Gasteiger partial charge in [0.2, 0.25) is 0 Å². The van der Waals surface area contributed by atoms with E-state index in [1.54, 1.807) is 11.1 Å². The predicted molar refractivity (Wildman–Crippen MR) is 63.3 cm³/mol. The highest BCUT2D eigenvalue weighted by Crippen LogP contribution is 2.33. The number of fused-ring (bicyclic) bond motifs is 1. The number of rotatable bonds is 3. The van der Waals surface area contributed by atoms with Gasteiger partial charge in [-0.25, -0.2) is 0 Å². The van der Waals surface area contributed by atoms with Crippen LogP contribution in [0.5, 0.6) is 0 Å². The Morgan fingerprint density at radius 2 is 2.13 bits per heavy atom. The second kappa shape index (κ2) is 3.64. The van der Waals surface area contributed by atoms with Crippen LogP contribution in [0.2, 0.25) is 0 Å². The minimum atomic E-state index is 0.778. The van der Waals surface area contributed by atoms with Gasteiger partial charge in [0.15, 0.2) is 0 Å². The fraction of sp³-hybridized carbons (Fsp3) is 0.571. The van der Waals surface area contributed by atoms with Gasteiger partial charge in [0.05, 0.1) is 0 Å². The van der Waals surface area contributed by atoms with Crippen LogP contribution in [0.15, 0.2) is 18.2 Å². The minimum Gasteiger partial charge on any atom is -0.313 e. The van der Waals surface area contributed by atoms with E-state index in [4.69, 9.17) is 0 Å². The van der Waals surface area contributed by atoms with Crippen molar-refractivity contribution in [3.05, 3.63) is 34.9 Å². The molecule has 0 bridgehead atoms. The number of aryl methyl sites for hydroxylation is 2. The van der Waals surface area contributed by atoms with E-state index >= 15 is 0 Å². The van der Waals surface area contributed by atoms with E-state index in [1.807, 2.05) is 0 Å². The van der Waals surface area contributed by atoms with Crippen molar-refractivity contribution in [1.82, 2.24) is 5.32 Å². The molecule has 1 N–H and O–H groups in total. The maximum absolute atomic E-state index is 3.66. The lowest BCUT2D eigenvalue weighted by Crippen LogP contribution is -2.22. The molecule has 0 aromatic heterocycles. The summed E-state index contributed by atoms with van der Waals surface area (Å²) >= 11 is 0. The average molecular weight is 201 g/mol. The first-order chi connectivity index (χ1) is 7.33. The third-order valence-electron chi connectivity index (χ3n) is 3.73. The number of benzene rings is 1. The van der Waals surface area contributed by atoms with Crippen LogP contribution in [0.1, 0.15) is 41.9 Å². The Labute approximate surface area is 91.9 Å². The second-order valence-electron chi connectivity index (χ2n) is 5.12. The largest absolute Gasteiger partial charge is 0.313 e. The van der Waals surface area contributed by atoms with Gasteiger partial charge in [-0.3, -0.25) is 0 Å². The zero-order valence-corrected chi connectivity index (χ0v) is 9.42. The Balaban J connectivity index is 1.74. The molecular weight excluding hydrogens is 182 g/mol. The molecule has 0 heterocycles. The molecule has 0 aliphatic heterocycles. The van der Waals surface area contributed by atoms with Gasteiger partial charge in [0.1, 0.15) is 0 Å². The molecule has 1 heteroatoms. The molecule has 0 spiro atoms. The molecule has 0 amide bonds. The summed E-state index contributed by atoms with van der Waals surface area (Å²) in [5.74, 6) is 0.778. The SMILES string of the molecule is Cc1ccc2c(c1)C(CNC1CC1)CC2. The summed E-state index contributed by atoms with van der Waals surface area (Å²) in [6.45, 7) is 3.39. The van der Waals surface area contributed by atoms with Crippen LogP contribution in [0.3, 0.4) is 0 Å². The first kappa shape index (κ1) is 9.41. The van der Waals surface area contributed by atoms with E-state index in [1.165, 1.54) is 37.8 Å². The summed E-state index contributed by atoms with van der Waals surface area (Å²) in [6, 6.07) is 7.80. The van der Waals surface area contributed by atoms with E-state index in [2.05, 4.69) is 30.4 Å². The van der Waals surface area contributed by atoms with Crippen molar-refractivity contribution in [3.63, 3.8) is 0 Å². The topological polar surface area (TPSA) is 12.0 Å². The first-order valence-electron chi connectivity index (χ1n) is 6.16. The summed E-state index contributed by atoms with van der Waals surface area (Å²) < 4.78 is 0. The highest BCUT2D eigenvalue weighted by atomic mass is 14.9. The summed E-state index contributed by atoms with van der Waals surface area (Å²) in [5.41, 5.74) is 4.61. The van der Waals surface area contributed by atoms with Gasteiger partial charge in [0, 0.05) is 12.6 Å². The number of hydrogen-bond donors (Lipinski definition) is 1. The lowest BCUT2D eigenvalue weighted by molar-refractivity contribution is 0.576. The average Bonchev–Trinajstić information content (AvgIpc) is 2.97. The molecule has 0 saturated heterocycles. The van der Waals surface area contributed by atoms with Crippen molar-refractivity contribution in [3.8, 4) is 0 Å². The molecule has 3 rings (SSSR count). The van der Waals surface area contributed by atoms with E-state index in [0.29, 0.717) is 0 Å². The van der Waals surface area contributed by atoms with E-state index in [-0.39, 0.29) is 0 Å². The summed E-state index contributed by atoms with van der Waals surface area (Å²) in [4.78, 5) is 0. The van der Waals surface area contributed by atoms with Crippen molar-refractivity contribution < 1.29 is 0 Å².